The predicted octanol–water partition coefficient (Wildman–Crippen LogP) is 3.76. The van der Waals surface area contributed by atoms with Crippen LogP contribution in [0, 0.1) is 5.92 Å². The number of rotatable bonds is 3. The number of carbonyl (C=O) groups is 1. The molecule has 7 nitrogen and oxygen atoms in total. The van der Waals surface area contributed by atoms with Crippen LogP contribution in [0.15, 0.2) is 59.9 Å². The van der Waals surface area contributed by atoms with Gasteiger partial charge in [0.05, 0.1) is 11.2 Å². The number of aromatic nitrogens is 3. The van der Waals surface area contributed by atoms with E-state index < -0.39 is 0 Å². The molecule has 0 bridgehead atoms. The van der Waals surface area contributed by atoms with Crippen molar-refractivity contribution >= 4 is 23.1 Å². The Labute approximate surface area is 186 Å². The van der Waals surface area contributed by atoms with Crippen molar-refractivity contribution in [3.05, 3.63) is 60.6 Å². The fourth-order valence-corrected chi connectivity index (χ4v) is 5.26. The summed E-state index contributed by atoms with van der Waals surface area (Å²) in [5.41, 5.74) is 4.25. The SMILES string of the molecule is O=C(NCC1C=CN=CC1)N1CCC2(CCn3nc(-c4cnc5ccccc5c4)cc32)C1. The highest BCUT2D eigenvalue weighted by molar-refractivity contribution is 5.83. The summed E-state index contributed by atoms with van der Waals surface area (Å²) >= 11 is 0. The predicted molar refractivity (Wildman–Crippen MR) is 125 cm³/mol. The molecule has 2 unspecified atom stereocenters. The number of aryl methyl sites for hydroxylation is 1. The van der Waals surface area contributed by atoms with Crippen molar-refractivity contribution in [1.29, 1.82) is 0 Å². The van der Waals surface area contributed by atoms with E-state index in [-0.39, 0.29) is 11.4 Å². The first kappa shape index (κ1) is 19.2. The van der Waals surface area contributed by atoms with Gasteiger partial charge in [0.2, 0.25) is 0 Å². The zero-order valence-corrected chi connectivity index (χ0v) is 17.9. The van der Waals surface area contributed by atoms with E-state index in [0.717, 1.165) is 61.1 Å². The molecule has 7 heteroatoms. The Morgan fingerprint density at radius 1 is 1.19 bits per heavy atom. The van der Waals surface area contributed by atoms with Crippen molar-refractivity contribution in [2.45, 2.75) is 31.2 Å². The average Bonchev–Trinajstić information content (AvgIpc) is 3.55. The van der Waals surface area contributed by atoms with Gasteiger partial charge in [0, 0.05) is 72.8 Å². The number of benzene rings is 1. The monoisotopic (exact) mass is 426 g/mol. The molecule has 2 amide bonds. The van der Waals surface area contributed by atoms with Crippen molar-refractivity contribution in [3.63, 3.8) is 0 Å². The first-order chi connectivity index (χ1) is 15.7. The molecule has 0 aliphatic carbocycles. The van der Waals surface area contributed by atoms with Gasteiger partial charge in [-0.2, -0.15) is 5.10 Å². The van der Waals surface area contributed by atoms with Gasteiger partial charge in [-0.25, -0.2) is 4.79 Å². The normalized spacial score (nSPS) is 23.9. The quantitative estimate of drug-likeness (QED) is 0.693. The molecule has 5 heterocycles. The standard InChI is InChI=1S/C25H26N6O/c32-24(28-15-18-5-9-26-10-6-18)30-11-7-25(17-30)8-12-31-23(25)14-22(29-31)20-13-19-3-1-2-4-21(19)27-16-20/h1-5,9-10,13-14,16,18H,6-8,11-12,15,17H2,(H,28,32). The van der Waals surface area contributed by atoms with Crippen molar-refractivity contribution < 1.29 is 4.79 Å². The molecule has 2 aromatic heterocycles. The molecule has 1 saturated heterocycles. The lowest BCUT2D eigenvalue weighted by Crippen LogP contribution is -2.42. The number of fused-ring (bicyclic) bond motifs is 3. The van der Waals surface area contributed by atoms with Gasteiger partial charge in [-0.1, -0.05) is 24.3 Å². The van der Waals surface area contributed by atoms with Crippen LogP contribution in [0.4, 0.5) is 4.79 Å². The maximum absolute atomic E-state index is 12.8. The Balaban J connectivity index is 1.18. The molecule has 1 spiro atoms. The summed E-state index contributed by atoms with van der Waals surface area (Å²) < 4.78 is 2.14. The number of likely N-dealkylation sites (tertiary alicyclic amines) is 1. The summed E-state index contributed by atoms with van der Waals surface area (Å²) in [5.74, 6) is 0.332. The maximum atomic E-state index is 12.8. The van der Waals surface area contributed by atoms with Gasteiger partial charge in [0.1, 0.15) is 0 Å². The molecule has 1 N–H and O–H groups in total. The zero-order chi connectivity index (χ0) is 21.5. The molecule has 2 atom stereocenters. The van der Waals surface area contributed by atoms with Crippen LogP contribution < -0.4 is 5.32 Å². The molecule has 6 rings (SSSR count). The smallest absolute Gasteiger partial charge is 0.317 e. The van der Waals surface area contributed by atoms with E-state index in [1.165, 1.54) is 5.69 Å². The molecule has 0 radical (unpaired) electrons. The lowest BCUT2D eigenvalue weighted by atomic mass is 9.82. The maximum Gasteiger partial charge on any atom is 0.317 e. The second-order valence-electron chi connectivity index (χ2n) is 9.11. The van der Waals surface area contributed by atoms with E-state index in [2.05, 4.69) is 44.3 Å². The van der Waals surface area contributed by atoms with Crippen LogP contribution in [0.5, 0.6) is 0 Å². The second kappa shape index (κ2) is 7.58. The Hall–Kier alpha value is -3.48. The molecule has 1 fully saturated rings. The molecule has 162 valence electrons. The van der Waals surface area contributed by atoms with Gasteiger partial charge in [-0.15, -0.1) is 0 Å². The molecule has 3 aliphatic heterocycles. The molecule has 3 aromatic rings. The number of urea groups is 1. The number of nitrogens with one attached hydrogen (secondary N) is 1. The lowest BCUT2D eigenvalue weighted by Gasteiger charge is -2.24. The summed E-state index contributed by atoms with van der Waals surface area (Å²) in [6, 6.07) is 12.6. The Morgan fingerprint density at radius 3 is 3.00 bits per heavy atom. The van der Waals surface area contributed by atoms with Crippen LogP contribution in [0.1, 0.15) is 25.0 Å². The molecule has 0 saturated carbocycles. The van der Waals surface area contributed by atoms with E-state index in [1.807, 2.05) is 41.7 Å². The molecule has 1 aromatic carbocycles. The fourth-order valence-electron chi connectivity index (χ4n) is 5.26. The van der Waals surface area contributed by atoms with Gasteiger partial charge in [-0.3, -0.25) is 14.7 Å². The number of hydrogen-bond donors (Lipinski definition) is 1. The van der Waals surface area contributed by atoms with E-state index in [4.69, 9.17) is 5.10 Å². The van der Waals surface area contributed by atoms with Gasteiger partial charge in [0.25, 0.3) is 0 Å². The van der Waals surface area contributed by atoms with Crippen LogP contribution in [0.25, 0.3) is 22.2 Å². The van der Waals surface area contributed by atoms with Gasteiger partial charge < -0.3 is 10.2 Å². The number of nitrogens with zero attached hydrogens (tertiary/aromatic N) is 5. The van der Waals surface area contributed by atoms with Crippen molar-refractivity contribution in [2.24, 2.45) is 10.9 Å². The Kier molecular flexibility index (Phi) is 4.56. The summed E-state index contributed by atoms with van der Waals surface area (Å²) in [6.45, 7) is 3.09. The number of amides is 2. The Bertz CT molecular complexity index is 1240. The third-order valence-corrected chi connectivity index (χ3v) is 7.13. The average molecular weight is 427 g/mol. The Morgan fingerprint density at radius 2 is 2.09 bits per heavy atom. The zero-order valence-electron chi connectivity index (χ0n) is 17.9. The van der Waals surface area contributed by atoms with Gasteiger partial charge >= 0.3 is 6.03 Å². The van der Waals surface area contributed by atoms with Crippen LogP contribution in [0.2, 0.25) is 0 Å². The van der Waals surface area contributed by atoms with E-state index in [9.17, 15) is 4.79 Å². The van der Waals surface area contributed by atoms with Crippen molar-refractivity contribution in [2.75, 3.05) is 19.6 Å². The third kappa shape index (κ3) is 3.28. The number of hydrogen-bond acceptors (Lipinski definition) is 4. The minimum absolute atomic E-state index is 0.00423. The van der Waals surface area contributed by atoms with E-state index in [0.29, 0.717) is 12.5 Å². The summed E-state index contributed by atoms with van der Waals surface area (Å²) in [6.07, 6.45) is 10.6. The molecular formula is C25H26N6O. The number of para-hydroxylation sites is 1. The van der Waals surface area contributed by atoms with Crippen LogP contribution >= 0.6 is 0 Å². The van der Waals surface area contributed by atoms with E-state index >= 15 is 0 Å². The minimum atomic E-state index is 0.00423. The van der Waals surface area contributed by atoms with Gasteiger partial charge in [-0.05, 0) is 37.5 Å². The van der Waals surface area contributed by atoms with Gasteiger partial charge in [0.15, 0.2) is 0 Å². The van der Waals surface area contributed by atoms with E-state index in [1.54, 1.807) is 0 Å². The summed E-state index contributed by atoms with van der Waals surface area (Å²) in [7, 11) is 0. The van der Waals surface area contributed by atoms with Crippen LogP contribution in [-0.2, 0) is 12.0 Å². The summed E-state index contributed by atoms with van der Waals surface area (Å²) in [4.78, 5) is 23.5. The summed E-state index contributed by atoms with van der Waals surface area (Å²) in [5, 5.41) is 9.13. The highest BCUT2D eigenvalue weighted by Gasteiger charge is 2.46. The van der Waals surface area contributed by atoms with Crippen LogP contribution in [-0.4, -0.2) is 51.5 Å². The fraction of sp³-hybridized carbons (Fsp3) is 0.360. The second-order valence-corrected chi connectivity index (χ2v) is 9.11. The third-order valence-electron chi connectivity index (χ3n) is 7.13. The highest BCUT2D eigenvalue weighted by Crippen LogP contribution is 2.43. The molecule has 3 aliphatic rings. The van der Waals surface area contributed by atoms with Crippen molar-refractivity contribution in [3.8, 4) is 11.3 Å². The lowest BCUT2D eigenvalue weighted by molar-refractivity contribution is 0.204. The van der Waals surface area contributed by atoms with Crippen molar-refractivity contribution in [1.82, 2.24) is 25.0 Å². The largest absolute Gasteiger partial charge is 0.337 e. The molecule has 32 heavy (non-hydrogen) atoms. The topological polar surface area (TPSA) is 75.4 Å². The molecular weight excluding hydrogens is 400 g/mol. The highest BCUT2D eigenvalue weighted by atomic mass is 16.2. The minimum Gasteiger partial charge on any atom is -0.337 e. The first-order valence-electron chi connectivity index (χ1n) is 11.3. The first-order valence-corrected chi connectivity index (χ1v) is 11.3. The number of aliphatic imine (C=N–C) groups is 1. The number of carbonyl (C=O) groups excluding carboxylic acids is 1. The van der Waals surface area contributed by atoms with Crippen LogP contribution in [0.3, 0.4) is 0 Å². The number of pyridine rings is 1.